The monoisotopic (exact) mass is 206 g/mol. The van der Waals surface area contributed by atoms with Crippen molar-refractivity contribution in [2.75, 3.05) is 13.7 Å². The molecular formula is C12H14O3. The first-order chi connectivity index (χ1) is 7.24. The van der Waals surface area contributed by atoms with E-state index in [1.54, 1.807) is 13.0 Å². The minimum atomic E-state index is -0.416. The number of ketones is 1. The first-order valence-corrected chi connectivity index (χ1v) is 5.05. The summed E-state index contributed by atoms with van der Waals surface area (Å²) < 4.78 is 10.5. The topological polar surface area (TPSA) is 35.5 Å². The van der Waals surface area contributed by atoms with Crippen LogP contribution >= 0.6 is 0 Å². The number of ether oxygens (including phenoxy) is 2. The summed E-state index contributed by atoms with van der Waals surface area (Å²) >= 11 is 0. The molecule has 0 aliphatic carbocycles. The van der Waals surface area contributed by atoms with Gasteiger partial charge in [-0.25, -0.2) is 0 Å². The van der Waals surface area contributed by atoms with Crippen LogP contribution in [0, 0.1) is 0 Å². The van der Waals surface area contributed by atoms with E-state index in [1.807, 2.05) is 12.1 Å². The predicted octanol–water partition coefficient (Wildman–Crippen LogP) is 1.84. The highest BCUT2D eigenvalue weighted by Gasteiger charge is 2.23. The second-order valence-corrected chi connectivity index (χ2v) is 3.63. The molecule has 0 saturated heterocycles. The lowest BCUT2D eigenvalue weighted by molar-refractivity contribution is 0.0652. The normalized spacial score (nSPS) is 15.6. The summed E-state index contributed by atoms with van der Waals surface area (Å²) in [5.74, 6) is 0.725. The molecule has 2 rings (SSSR count). The maximum absolute atomic E-state index is 11.9. The van der Waals surface area contributed by atoms with Crippen LogP contribution < -0.4 is 4.74 Å². The van der Waals surface area contributed by atoms with Crippen LogP contribution in [0.15, 0.2) is 18.2 Å². The van der Waals surface area contributed by atoms with E-state index in [0.29, 0.717) is 12.2 Å². The lowest BCUT2D eigenvalue weighted by atomic mass is 10.0. The van der Waals surface area contributed by atoms with Crippen molar-refractivity contribution in [1.82, 2.24) is 0 Å². The number of fused-ring (bicyclic) bond motifs is 1. The van der Waals surface area contributed by atoms with Crippen LogP contribution in [-0.2, 0) is 11.2 Å². The summed E-state index contributed by atoms with van der Waals surface area (Å²) in [6, 6.07) is 5.68. The van der Waals surface area contributed by atoms with Crippen molar-refractivity contribution in [3.8, 4) is 5.75 Å². The lowest BCUT2D eigenvalue weighted by Crippen LogP contribution is -2.19. The Morgan fingerprint density at radius 2 is 2.33 bits per heavy atom. The number of carbonyl (C=O) groups excluding carboxylic acids is 1. The van der Waals surface area contributed by atoms with Crippen LogP contribution in [0.1, 0.15) is 22.8 Å². The molecule has 1 aromatic carbocycles. The van der Waals surface area contributed by atoms with Gasteiger partial charge in [0.2, 0.25) is 0 Å². The van der Waals surface area contributed by atoms with Crippen molar-refractivity contribution in [3.63, 3.8) is 0 Å². The van der Waals surface area contributed by atoms with Crippen molar-refractivity contribution in [2.24, 2.45) is 0 Å². The Labute approximate surface area is 89.0 Å². The average Bonchev–Trinajstić information content (AvgIpc) is 2.74. The summed E-state index contributed by atoms with van der Waals surface area (Å²) in [4.78, 5) is 11.9. The summed E-state index contributed by atoms with van der Waals surface area (Å²) in [6.07, 6.45) is 0.471. The van der Waals surface area contributed by atoms with Crippen LogP contribution in [0.3, 0.4) is 0 Å². The van der Waals surface area contributed by atoms with Crippen LogP contribution in [0.2, 0.25) is 0 Å². The van der Waals surface area contributed by atoms with Crippen molar-refractivity contribution >= 4 is 5.78 Å². The number of rotatable bonds is 3. The number of Topliss-reactive ketones (excluding diaryl/α,β-unsaturated/α-hetero) is 1. The second-order valence-electron chi connectivity index (χ2n) is 3.63. The molecule has 0 saturated carbocycles. The van der Waals surface area contributed by atoms with Gasteiger partial charge in [0.1, 0.15) is 11.9 Å². The first kappa shape index (κ1) is 10.2. The van der Waals surface area contributed by atoms with E-state index in [4.69, 9.17) is 9.47 Å². The quantitative estimate of drug-likeness (QED) is 0.708. The van der Waals surface area contributed by atoms with Crippen molar-refractivity contribution < 1.29 is 14.3 Å². The number of hydrogen-bond donors (Lipinski definition) is 0. The van der Waals surface area contributed by atoms with E-state index in [-0.39, 0.29) is 5.78 Å². The van der Waals surface area contributed by atoms with Crippen LogP contribution in [0.4, 0.5) is 0 Å². The third kappa shape index (κ3) is 1.75. The maximum Gasteiger partial charge on any atom is 0.194 e. The molecule has 0 bridgehead atoms. The van der Waals surface area contributed by atoms with Gasteiger partial charge in [-0.3, -0.25) is 4.79 Å². The Bertz CT molecular complexity index is 384. The van der Waals surface area contributed by atoms with Gasteiger partial charge in [0, 0.05) is 13.5 Å². The third-order valence-electron chi connectivity index (χ3n) is 2.70. The Balaban J connectivity index is 2.37. The summed E-state index contributed by atoms with van der Waals surface area (Å²) in [5.41, 5.74) is 1.75. The Hall–Kier alpha value is -1.35. The molecule has 0 radical (unpaired) electrons. The fraction of sp³-hybridized carbons (Fsp3) is 0.417. The van der Waals surface area contributed by atoms with Gasteiger partial charge in [0.15, 0.2) is 5.78 Å². The van der Waals surface area contributed by atoms with E-state index in [0.717, 1.165) is 17.7 Å². The Morgan fingerprint density at radius 3 is 3.07 bits per heavy atom. The predicted molar refractivity (Wildman–Crippen MR) is 56.4 cm³/mol. The first-order valence-electron chi connectivity index (χ1n) is 5.05. The molecule has 0 amide bonds. The summed E-state index contributed by atoms with van der Waals surface area (Å²) in [7, 11) is 1.53. The number of para-hydroxylation sites is 1. The molecular weight excluding hydrogens is 192 g/mol. The Kier molecular flexibility index (Phi) is 2.73. The van der Waals surface area contributed by atoms with Crippen LogP contribution in [0.5, 0.6) is 5.75 Å². The van der Waals surface area contributed by atoms with Crippen molar-refractivity contribution in [1.29, 1.82) is 0 Å². The molecule has 1 aromatic rings. The van der Waals surface area contributed by atoms with E-state index in [9.17, 15) is 4.79 Å². The zero-order valence-electron chi connectivity index (χ0n) is 8.95. The number of benzene rings is 1. The van der Waals surface area contributed by atoms with Gasteiger partial charge in [-0.15, -0.1) is 0 Å². The number of hydrogen-bond acceptors (Lipinski definition) is 3. The lowest BCUT2D eigenvalue weighted by Gasteiger charge is -2.11. The van der Waals surface area contributed by atoms with Gasteiger partial charge < -0.3 is 9.47 Å². The zero-order valence-corrected chi connectivity index (χ0v) is 8.95. The average molecular weight is 206 g/mol. The standard InChI is InChI=1S/C12H14O3/c1-8(14-2)11(13)10-5-3-4-9-6-7-15-12(9)10/h3-5,8H,6-7H2,1-2H3. The van der Waals surface area contributed by atoms with E-state index < -0.39 is 6.10 Å². The van der Waals surface area contributed by atoms with Crippen LogP contribution in [0.25, 0.3) is 0 Å². The number of carbonyl (C=O) groups is 1. The van der Waals surface area contributed by atoms with Gasteiger partial charge in [-0.1, -0.05) is 12.1 Å². The molecule has 0 fully saturated rings. The molecule has 1 heterocycles. The summed E-state index contributed by atoms with van der Waals surface area (Å²) in [5, 5.41) is 0. The SMILES string of the molecule is COC(C)C(=O)c1cccc2c1OCC2. The minimum Gasteiger partial charge on any atom is -0.492 e. The highest BCUT2D eigenvalue weighted by molar-refractivity contribution is 6.02. The van der Waals surface area contributed by atoms with Crippen LogP contribution in [-0.4, -0.2) is 25.6 Å². The summed E-state index contributed by atoms with van der Waals surface area (Å²) in [6.45, 7) is 2.41. The highest BCUT2D eigenvalue weighted by atomic mass is 16.5. The van der Waals surface area contributed by atoms with Crippen molar-refractivity contribution in [3.05, 3.63) is 29.3 Å². The largest absolute Gasteiger partial charge is 0.492 e. The highest BCUT2D eigenvalue weighted by Crippen LogP contribution is 2.30. The zero-order chi connectivity index (χ0) is 10.8. The molecule has 15 heavy (non-hydrogen) atoms. The maximum atomic E-state index is 11.9. The fourth-order valence-corrected chi connectivity index (χ4v) is 1.74. The van der Waals surface area contributed by atoms with Gasteiger partial charge in [-0.05, 0) is 18.6 Å². The smallest absolute Gasteiger partial charge is 0.194 e. The van der Waals surface area contributed by atoms with Gasteiger partial charge in [0.05, 0.1) is 12.2 Å². The molecule has 80 valence electrons. The third-order valence-corrected chi connectivity index (χ3v) is 2.70. The van der Waals surface area contributed by atoms with Crippen molar-refractivity contribution in [2.45, 2.75) is 19.4 Å². The molecule has 1 aliphatic rings. The molecule has 0 N–H and O–H groups in total. The second kappa shape index (κ2) is 4.03. The molecule has 1 aliphatic heterocycles. The van der Waals surface area contributed by atoms with Gasteiger partial charge in [0.25, 0.3) is 0 Å². The van der Waals surface area contributed by atoms with E-state index in [1.165, 1.54) is 7.11 Å². The molecule has 0 spiro atoms. The minimum absolute atomic E-state index is 0.0174. The molecule has 3 heteroatoms. The van der Waals surface area contributed by atoms with E-state index >= 15 is 0 Å². The molecule has 0 aromatic heterocycles. The fourth-order valence-electron chi connectivity index (χ4n) is 1.74. The molecule has 3 nitrogen and oxygen atoms in total. The van der Waals surface area contributed by atoms with Gasteiger partial charge >= 0.3 is 0 Å². The van der Waals surface area contributed by atoms with E-state index in [2.05, 4.69) is 0 Å². The molecule has 1 unspecified atom stereocenters. The van der Waals surface area contributed by atoms with Gasteiger partial charge in [-0.2, -0.15) is 0 Å². The number of methoxy groups -OCH3 is 1. The molecule has 1 atom stereocenters. The Morgan fingerprint density at radius 1 is 1.53 bits per heavy atom.